The Hall–Kier alpha value is -0.530. The molecule has 0 spiro atoms. The van der Waals surface area contributed by atoms with Crippen molar-refractivity contribution in [1.82, 2.24) is 4.31 Å². The van der Waals surface area contributed by atoms with Crippen molar-refractivity contribution >= 4 is 50.8 Å². The number of carboxylic acid groups (broad SMARTS) is 1. The second-order valence-electron chi connectivity index (χ2n) is 5.51. The van der Waals surface area contributed by atoms with Gasteiger partial charge in [0.1, 0.15) is 4.90 Å². The zero-order chi connectivity index (χ0) is 16.2. The fraction of sp³-hybridized carbons (Fsp3) is 0.462. The maximum atomic E-state index is 12.9. The van der Waals surface area contributed by atoms with Crippen LogP contribution in [0.5, 0.6) is 0 Å². The van der Waals surface area contributed by atoms with Crippen LogP contribution < -0.4 is 0 Å². The number of hydrogen-bond acceptors (Lipinski definition) is 3. The van der Waals surface area contributed by atoms with E-state index in [1.165, 1.54) is 16.4 Å². The minimum absolute atomic E-state index is 0.0596. The van der Waals surface area contributed by atoms with E-state index in [-0.39, 0.29) is 26.0 Å². The molecule has 22 heavy (non-hydrogen) atoms. The van der Waals surface area contributed by atoms with Crippen LogP contribution in [0.25, 0.3) is 0 Å². The van der Waals surface area contributed by atoms with Crippen LogP contribution in [-0.4, -0.2) is 35.9 Å². The highest BCUT2D eigenvalue weighted by atomic mass is 35.5. The number of carbonyl (C=O) groups is 1. The quantitative estimate of drug-likeness (QED) is 0.868. The van der Waals surface area contributed by atoms with Crippen LogP contribution in [0.3, 0.4) is 0 Å². The summed E-state index contributed by atoms with van der Waals surface area (Å²) in [5.74, 6) is -1.65. The summed E-state index contributed by atoms with van der Waals surface area (Å²) in [7, 11) is -3.97. The Balaban J connectivity index is 2.07. The Morgan fingerprint density at radius 3 is 2.27 bits per heavy atom. The SMILES string of the molecule is O=C(O)C1CC2CCC1N2S(=O)(=O)c1c(Cl)cc(Cl)cc1Cl. The van der Waals surface area contributed by atoms with Gasteiger partial charge in [-0.3, -0.25) is 4.79 Å². The second-order valence-corrected chi connectivity index (χ2v) is 8.54. The first-order valence-electron chi connectivity index (χ1n) is 6.64. The van der Waals surface area contributed by atoms with Crippen molar-refractivity contribution in [3.05, 3.63) is 27.2 Å². The molecule has 5 nitrogen and oxygen atoms in total. The van der Waals surface area contributed by atoms with E-state index in [2.05, 4.69) is 0 Å². The maximum absolute atomic E-state index is 12.9. The summed E-state index contributed by atoms with van der Waals surface area (Å²) < 4.78 is 27.1. The average Bonchev–Trinajstić information content (AvgIpc) is 2.94. The first-order chi connectivity index (χ1) is 10.2. The number of carboxylic acids is 1. The molecule has 3 atom stereocenters. The van der Waals surface area contributed by atoms with Gasteiger partial charge in [-0.1, -0.05) is 34.8 Å². The van der Waals surface area contributed by atoms with E-state index in [4.69, 9.17) is 34.8 Å². The lowest BCUT2D eigenvalue weighted by atomic mass is 9.89. The van der Waals surface area contributed by atoms with Crippen molar-refractivity contribution in [2.75, 3.05) is 0 Å². The molecule has 1 N–H and O–H groups in total. The monoisotopic (exact) mass is 383 g/mol. The molecule has 2 bridgehead atoms. The lowest BCUT2D eigenvalue weighted by Crippen LogP contribution is -2.38. The minimum Gasteiger partial charge on any atom is -0.481 e. The molecule has 3 rings (SSSR count). The van der Waals surface area contributed by atoms with Gasteiger partial charge in [-0.2, -0.15) is 4.31 Å². The van der Waals surface area contributed by atoms with Crippen molar-refractivity contribution < 1.29 is 18.3 Å². The van der Waals surface area contributed by atoms with Crippen molar-refractivity contribution in [1.29, 1.82) is 0 Å². The van der Waals surface area contributed by atoms with E-state index in [0.717, 1.165) is 0 Å². The predicted molar refractivity (Wildman–Crippen MR) is 83.0 cm³/mol. The largest absolute Gasteiger partial charge is 0.481 e. The van der Waals surface area contributed by atoms with Crippen LogP contribution in [0.15, 0.2) is 17.0 Å². The molecular formula is C13H12Cl3NO4S. The van der Waals surface area contributed by atoms with Gasteiger partial charge in [0.05, 0.1) is 16.0 Å². The number of nitrogens with zero attached hydrogens (tertiary/aromatic N) is 1. The molecule has 0 amide bonds. The Bertz CT molecular complexity index is 729. The molecule has 0 aliphatic carbocycles. The summed E-state index contributed by atoms with van der Waals surface area (Å²) in [5.41, 5.74) is 0. The highest BCUT2D eigenvalue weighted by Crippen LogP contribution is 2.47. The van der Waals surface area contributed by atoms with Gasteiger partial charge in [0.2, 0.25) is 10.0 Å². The summed E-state index contributed by atoms with van der Waals surface area (Å²) in [4.78, 5) is 11.1. The number of sulfonamides is 1. The molecule has 3 unspecified atom stereocenters. The third-order valence-electron chi connectivity index (χ3n) is 4.29. The Kier molecular flexibility index (Phi) is 4.10. The molecule has 2 aliphatic heterocycles. The summed E-state index contributed by atoms with van der Waals surface area (Å²) in [6.07, 6.45) is 1.50. The molecule has 2 fully saturated rings. The fourth-order valence-electron chi connectivity index (χ4n) is 3.46. The zero-order valence-electron chi connectivity index (χ0n) is 11.2. The standard InChI is InChI=1S/C13H12Cl3NO4S/c14-6-3-9(15)12(10(16)4-6)22(20,21)17-7-1-2-11(17)8(5-7)13(18)19/h3-4,7-8,11H,1-2,5H2,(H,18,19). The van der Waals surface area contributed by atoms with Gasteiger partial charge in [0.15, 0.2) is 0 Å². The number of halogens is 3. The van der Waals surface area contributed by atoms with Crippen molar-refractivity contribution in [2.24, 2.45) is 5.92 Å². The second kappa shape index (κ2) is 5.53. The highest BCUT2D eigenvalue weighted by molar-refractivity contribution is 7.89. The molecule has 2 heterocycles. The van der Waals surface area contributed by atoms with E-state index >= 15 is 0 Å². The fourth-order valence-corrected chi connectivity index (χ4v) is 6.88. The van der Waals surface area contributed by atoms with Gasteiger partial charge >= 0.3 is 5.97 Å². The minimum atomic E-state index is -3.97. The van der Waals surface area contributed by atoms with E-state index < -0.39 is 28.0 Å². The summed E-state index contributed by atoms with van der Waals surface area (Å²) in [6.45, 7) is 0. The molecule has 9 heteroatoms. The van der Waals surface area contributed by atoms with Crippen LogP contribution >= 0.6 is 34.8 Å². The lowest BCUT2D eigenvalue weighted by Gasteiger charge is -2.23. The molecule has 1 aromatic carbocycles. The van der Waals surface area contributed by atoms with Gasteiger partial charge < -0.3 is 5.11 Å². The number of hydrogen-bond donors (Lipinski definition) is 1. The van der Waals surface area contributed by atoms with E-state index in [1.54, 1.807) is 0 Å². The van der Waals surface area contributed by atoms with Crippen molar-refractivity contribution in [3.63, 3.8) is 0 Å². The van der Waals surface area contributed by atoms with Crippen molar-refractivity contribution in [3.8, 4) is 0 Å². The molecule has 0 aromatic heterocycles. The van der Waals surface area contributed by atoms with Crippen LogP contribution in [0, 0.1) is 5.92 Å². The van der Waals surface area contributed by atoms with Gasteiger partial charge in [-0.15, -0.1) is 0 Å². The predicted octanol–water partition coefficient (Wildman–Crippen LogP) is 3.27. The first kappa shape index (κ1) is 16.3. The summed E-state index contributed by atoms with van der Waals surface area (Å²) in [5, 5.41) is 9.36. The average molecular weight is 385 g/mol. The van der Waals surface area contributed by atoms with E-state index in [0.29, 0.717) is 19.3 Å². The van der Waals surface area contributed by atoms with Gasteiger partial charge in [0, 0.05) is 17.1 Å². The number of aliphatic carboxylic acids is 1. The highest BCUT2D eigenvalue weighted by Gasteiger charge is 2.55. The number of rotatable bonds is 3. The van der Waals surface area contributed by atoms with Gasteiger partial charge in [0.25, 0.3) is 0 Å². The van der Waals surface area contributed by atoms with Crippen LogP contribution in [0.1, 0.15) is 19.3 Å². The third kappa shape index (κ3) is 2.41. The summed E-state index contributed by atoms with van der Waals surface area (Å²) >= 11 is 17.9. The van der Waals surface area contributed by atoms with Crippen LogP contribution in [-0.2, 0) is 14.8 Å². The molecule has 0 radical (unpaired) electrons. The molecular weight excluding hydrogens is 373 g/mol. The van der Waals surface area contributed by atoms with Gasteiger partial charge in [-0.25, -0.2) is 8.42 Å². The Morgan fingerprint density at radius 2 is 1.77 bits per heavy atom. The van der Waals surface area contributed by atoms with Gasteiger partial charge in [-0.05, 0) is 31.4 Å². The first-order valence-corrected chi connectivity index (χ1v) is 9.21. The molecule has 2 aliphatic rings. The lowest BCUT2D eigenvalue weighted by molar-refractivity contribution is -0.142. The normalized spacial score (nSPS) is 28.2. The number of benzene rings is 1. The van der Waals surface area contributed by atoms with Crippen LogP contribution in [0.2, 0.25) is 15.1 Å². The molecule has 120 valence electrons. The Labute approximate surface area is 142 Å². The smallest absolute Gasteiger partial charge is 0.308 e. The topological polar surface area (TPSA) is 74.7 Å². The molecule has 0 saturated carbocycles. The molecule has 1 aromatic rings. The van der Waals surface area contributed by atoms with Crippen LogP contribution in [0.4, 0.5) is 0 Å². The third-order valence-corrected chi connectivity index (χ3v) is 7.41. The maximum Gasteiger partial charge on any atom is 0.308 e. The summed E-state index contributed by atoms with van der Waals surface area (Å²) in [6, 6.07) is 1.76. The number of fused-ring (bicyclic) bond motifs is 2. The van der Waals surface area contributed by atoms with E-state index in [9.17, 15) is 18.3 Å². The van der Waals surface area contributed by atoms with Crippen molar-refractivity contribution in [2.45, 2.75) is 36.2 Å². The molecule has 2 saturated heterocycles. The van der Waals surface area contributed by atoms with E-state index in [1.807, 2.05) is 0 Å². The zero-order valence-corrected chi connectivity index (χ0v) is 14.3. The Morgan fingerprint density at radius 1 is 1.18 bits per heavy atom.